The highest BCUT2D eigenvalue weighted by Gasteiger charge is 2.15. The van der Waals surface area contributed by atoms with Gasteiger partial charge in [0.15, 0.2) is 0 Å². The Morgan fingerprint density at radius 3 is 2.50 bits per heavy atom. The van der Waals surface area contributed by atoms with Crippen molar-refractivity contribution in [1.29, 1.82) is 0 Å². The molecule has 0 spiro atoms. The summed E-state index contributed by atoms with van der Waals surface area (Å²) in [7, 11) is 0. The maximum atomic E-state index is 3.83. The minimum atomic E-state index is 1.23. The van der Waals surface area contributed by atoms with Crippen LogP contribution in [0.15, 0.2) is 67.3 Å². The summed E-state index contributed by atoms with van der Waals surface area (Å²) in [6.45, 7) is 8.15. The Bertz CT molecular complexity index is 870. The van der Waals surface area contributed by atoms with Crippen LogP contribution in [0.2, 0.25) is 0 Å². The molecule has 0 N–H and O–H groups in total. The molecule has 0 fully saturated rings. The zero-order chi connectivity index (χ0) is 15.7. The fourth-order valence-electron chi connectivity index (χ4n) is 3.09. The van der Waals surface area contributed by atoms with Gasteiger partial charge in [0, 0.05) is 16.5 Å². The second-order valence-electron chi connectivity index (χ2n) is 5.48. The summed E-state index contributed by atoms with van der Waals surface area (Å²) in [6, 6.07) is 17.1. The number of fused-ring (bicyclic) bond motifs is 1. The standard InChI is InChI=1S/C20H18N.Al/c1-4-9-14(2)19-15(3)21-18-13-8-12-17(20(18)19)16-10-6-5-7-11-16;/h4-13H,1H2,2-3H3;/q-1;+1/b14-9-;. The van der Waals surface area contributed by atoms with Crippen LogP contribution in [-0.2, 0) is 0 Å². The first-order valence-electron chi connectivity index (χ1n) is 7.39. The van der Waals surface area contributed by atoms with Crippen LogP contribution in [0.5, 0.6) is 0 Å². The third-order valence-electron chi connectivity index (χ3n) is 4.12. The smallest absolute Gasteiger partial charge is 0.317 e. The van der Waals surface area contributed by atoms with E-state index in [4.69, 9.17) is 0 Å². The van der Waals surface area contributed by atoms with Gasteiger partial charge in [-0.15, -0.1) is 0 Å². The highest BCUT2D eigenvalue weighted by molar-refractivity contribution is 6.16. The average Bonchev–Trinajstić information content (AvgIpc) is 2.80. The Morgan fingerprint density at radius 2 is 1.82 bits per heavy atom. The number of hydrogen-bond donors (Lipinski definition) is 0. The number of rotatable bonds is 3. The maximum Gasteiger partial charge on any atom is 0.317 e. The lowest BCUT2D eigenvalue weighted by molar-refractivity contribution is 1.18. The molecule has 106 valence electrons. The first-order valence-corrected chi connectivity index (χ1v) is 7.91. The van der Waals surface area contributed by atoms with E-state index in [2.05, 4.69) is 95.1 Å². The molecule has 0 aliphatic heterocycles. The molecule has 0 aliphatic carbocycles. The van der Waals surface area contributed by atoms with Crippen molar-refractivity contribution in [2.75, 3.05) is 0 Å². The number of benzene rings is 2. The predicted octanol–water partition coefficient (Wildman–Crippen LogP) is 5.14. The summed E-state index contributed by atoms with van der Waals surface area (Å²) in [5.41, 5.74) is 7.53. The monoisotopic (exact) mass is 299 g/mol. The van der Waals surface area contributed by atoms with Gasteiger partial charge >= 0.3 is 16.5 Å². The van der Waals surface area contributed by atoms with Crippen molar-refractivity contribution in [2.24, 2.45) is 0 Å². The van der Waals surface area contributed by atoms with Crippen molar-refractivity contribution < 1.29 is 0 Å². The summed E-state index contributed by atoms with van der Waals surface area (Å²) in [5, 5.41) is 1.30. The number of nitrogens with zero attached hydrogens (tertiary/aromatic N) is 1. The van der Waals surface area contributed by atoms with Gasteiger partial charge in [-0.2, -0.15) is 0 Å². The molecule has 1 aromatic heterocycles. The summed E-state index contributed by atoms with van der Waals surface area (Å²) in [6.07, 6.45) is 3.93. The molecular weight excluding hydrogens is 281 g/mol. The Hall–Kier alpha value is -2.01. The van der Waals surface area contributed by atoms with E-state index in [1.807, 2.05) is 6.08 Å². The van der Waals surface area contributed by atoms with Crippen LogP contribution in [0, 0.1) is 6.92 Å². The van der Waals surface area contributed by atoms with Gasteiger partial charge in [-0.1, -0.05) is 61.2 Å². The van der Waals surface area contributed by atoms with Crippen molar-refractivity contribution in [3.63, 3.8) is 0 Å². The molecule has 22 heavy (non-hydrogen) atoms. The Labute approximate surface area is 140 Å². The highest BCUT2D eigenvalue weighted by atomic mass is 27.1. The zero-order valence-corrected chi connectivity index (χ0v) is 14.2. The van der Waals surface area contributed by atoms with Crippen LogP contribution < -0.4 is 0 Å². The molecule has 0 bridgehead atoms. The van der Waals surface area contributed by atoms with Crippen LogP contribution in [-0.4, -0.2) is 20.1 Å². The lowest BCUT2D eigenvalue weighted by atomic mass is 9.95. The second kappa shape index (κ2) is 6.01. The predicted molar refractivity (Wildman–Crippen MR) is 97.1 cm³/mol. The SMILES string of the molecule is C=C/C=C(/C)c1c(C)[n]([Al])c2cccc(-c3ccccc3)c12. The van der Waals surface area contributed by atoms with Gasteiger partial charge in [0.2, 0.25) is 0 Å². The van der Waals surface area contributed by atoms with E-state index >= 15 is 0 Å². The van der Waals surface area contributed by atoms with Gasteiger partial charge in [0.25, 0.3) is 0 Å². The second-order valence-corrected chi connectivity index (χ2v) is 6.00. The normalized spacial score (nSPS) is 11.8. The van der Waals surface area contributed by atoms with Gasteiger partial charge in [-0.05, 0) is 42.3 Å². The van der Waals surface area contributed by atoms with Gasteiger partial charge < -0.3 is 3.55 Å². The molecular formula is C20H18AlN. The van der Waals surface area contributed by atoms with Crippen molar-refractivity contribution >= 4 is 33.0 Å². The fourth-order valence-corrected chi connectivity index (χ4v) is 3.43. The van der Waals surface area contributed by atoms with Crippen molar-refractivity contribution in [3.05, 3.63) is 78.5 Å². The molecule has 0 aliphatic rings. The van der Waals surface area contributed by atoms with Crippen molar-refractivity contribution in [2.45, 2.75) is 13.8 Å². The minimum absolute atomic E-state index is 1.23. The van der Waals surface area contributed by atoms with E-state index in [9.17, 15) is 0 Å². The number of aromatic nitrogens is 1. The molecule has 0 amide bonds. The molecule has 1 heterocycles. The van der Waals surface area contributed by atoms with Crippen LogP contribution in [0.4, 0.5) is 0 Å². The lowest BCUT2D eigenvalue weighted by Crippen LogP contribution is -1.94. The van der Waals surface area contributed by atoms with Crippen molar-refractivity contribution in [3.8, 4) is 11.1 Å². The van der Waals surface area contributed by atoms with Gasteiger partial charge in [0.05, 0.1) is 0 Å². The number of hydrogen-bond acceptors (Lipinski definition) is 0. The maximum absolute atomic E-state index is 3.83. The van der Waals surface area contributed by atoms with Crippen LogP contribution in [0.3, 0.4) is 0 Å². The van der Waals surface area contributed by atoms with Gasteiger partial charge in [-0.25, -0.2) is 0 Å². The third-order valence-corrected chi connectivity index (χ3v) is 4.79. The van der Waals surface area contributed by atoms with E-state index in [0.717, 1.165) is 0 Å². The average molecular weight is 299 g/mol. The molecule has 0 unspecified atom stereocenters. The largest absolute Gasteiger partial charge is 0.455 e. The topological polar surface area (TPSA) is 4.93 Å². The molecule has 1 nitrogen and oxygen atoms in total. The van der Waals surface area contributed by atoms with Crippen molar-refractivity contribution in [1.82, 2.24) is 3.55 Å². The van der Waals surface area contributed by atoms with Crippen LogP contribution >= 0.6 is 0 Å². The third kappa shape index (κ3) is 2.35. The molecule has 0 saturated heterocycles. The summed E-state index contributed by atoms with van der Waals surface area (Å²) in [4.78, 5) is 0. The van der Waals surface area contributed by atoms with E-state index in [0.29, 0.717) is 0 Å². The highest BCUT2D eigenvalue weighted by Crippen LogP contribution is 2.37. The van der Waals surface area contributed by atoms with Gasteiger partial charge in [-0.3, -0.25) is 0 Å². The molecule has 0 saturated carbocycles. The fraction of sp³-hybridized carbons (Fsp3) is 0.100. The van der Waals surface area contributed by atoms with E-state index in [-0.39, 0.29) is 0 Å². The zero-order valence-electron chi connectivity index (χ0n) is 13.0. The first kappa shape index (κ1) is 14.9. The molecule has 2 heteroatoms. The summed E-state index contributed by atoms with van der Waals surface area (Å²) >= 11 is 2.83. The molecule has 2 radical (unpaired) electrons. The van der Waals surface area contributed by atoms with Crippen LogP contribution in [0.25, 0.3) is 27.6 Å². The Kier molecular flexibility index (Phi) is 4.07. The van der Waals surface area contributed by atoms with E-state index in [1.54, 1.807) is 0 Å². The van der Waals surface area contributed by atoms with E-state index in [1.165, 1.54) is 38.9 Å². The summed E-state index contributed by atoms with van der Waals surface area (Å²) < 4.78 is 2.19. The molecule has 3 aromatic rings. The van der Waals surface area contributed by atoms with Crippen LogP contribution in [0.1, 0.15) is 18.2 Å². The minimum Gasteiger partial charge on any atom is -0.455 e. The molecule has 0 atom stereocenters. The van der Waals surface area contributed by atoms with Gasteiger partial charge in [0.1, 0.15) is 0 Å². The Balaban J connectivity index is 2.43. The quantitative estimate of drug-likeness (QED) is 0.466. The molecule has 3 rings (SSSR count). The first-order chi connectivity index (χ1) is 10.6. The Morgan fingerprint density at radius 1 is 1.09 bits per heavy atom. The molecule has 2 aromatic carbocycles. The summed E-state index contributed by atoms with van der Waals surface area (Å²) in [5.74, 6) is 0. The lowest BCUT2D eigenvalue weighted by Gasteiger charge is -2.08. The number of allylic oxidation sites excluding steroid dienone is 3. The van der Waals surface area contributed by atoms with E-state index < -0.39 is 0 Å².